The van der Waals surface area contributed by atoms with Gasteiger partial charge in [0.25, 0.3) is 11.8 Å². The average Bonchev–Trinajstić information content (AvgIpc) is 3.24. The summed E-state index contributed by atoms with van der Waals surface area (Å²) in [6.07, 6.45) is 0.736. The second kappa shape index (κ2) is 7.67. The fourth-order valence-corrected chi connectivity index (χ4v) is 4.11. The van der Waals surface area contributed by atoms with Crippen LogP contribution in [0.5, 0.6) is 5.75 Å². The van der Waals surface area contributed by atoms with Crippen LogP contribution < -0.4 is 10.1 Å². The van der Waals surface area contributed by atoms with Crippen molar-refractivity contribution in [2.24, 2.45) is 0 Å². The first-order valence-corrected chi connectivity index (χ1v) is 9.51. The molecule has 1 amide bonds. The van der Waals surface area contributed by atoms with Gasteiger partial charge in [-0.3, -0.25) is 4.79 Å². The van der Waals surface area contributed by atoms with Crippen LogP contribution in [0.3, 0.4) is 0 Å². The molecule has 0 fully saturated rings. The highest BCUT2D eigenvalue weighted by molar-refractivity contribution is 7.17. The van der Waals surface area contributed by atoms with Crippen molar-refractivity contribution in [2.75, 3.05) is 18.5 Å². The number of nitrogens with zero attached hydrogens (tertiary/aromatic N) is 2. The van der Waals surface area contributed by atoms with Crippen molar-refractivity contribution in [2.45, 2.75) is 20.0 Å². The zero-order valence-electron chi connectivity index (χ0n) is 14.5. The van der Waals surface area contributed by atoms with Gasteiger partial charge in [-0.1, -0.05) is 16.8 Å². The van der Waals surface area contributed by atoms with Gasteiger partial charge in [-0.05, 0) is 43.2 Å². The largest absolute Gasteiger partial charge is 0.484 e. The van der Waals surface area contributed by atoms with Gasteiger partial charge in [-0.25, -0.2) is 0 Å². The lowest BCUT2D eigenvalue weighted by Gasteiger charge is -2.12. The number of hydrogen-bond donors (Lipinski definition) is 1. The molecule has 4 rings (SSSR count). The van der Waals surface area contributed by atoms with Gasteiger partial charge in [0.1, 0.15) is 10.8 Å². The van der Waals surface area contributed by atoms with E-state index >= 15 is 0 Å². The number of aryl methyl sites for hydroxylation is 1. The summed E-state index contributed by atoms with van der Waals surface area (Å²) in [6, 6.07) is 6.84. The Kier molecular flexibility index (Phi) is 5.11. The van der Waals surface area contributed by atoms with Crippen molar-refractivity contribution in [3.8, 4) is 17.2 Å². The molecule has 9 heteroatoms. The Morgan fingerprint density at radius 3 is 2.93 bits per heavy atom. The van der Waals surface area contributed by atoms with E-state index in [9.17, 15) is 4.79 Å². The number of ether oxygens (including phenoxy) is 2. The number of anilines is 1. The van der Waals surface area contributed by atoms with Crippen LogP contribution in [0.15, 0.2) is 28.8 Å². The third kappa shape index (κ3) is 3.97. The predicted octanol–water partition coefficient (Wildman–Crippen LogP) is 3.85. The number of carbonyl (C=O) groups excluding carboxylic acids is 1. The second-order valence-corrected chi connectivity index (χ2v) is 7.49. The third-order valence-corrected chi connectivity index (χ3v) is 5.37. The lowest BCUT2D eigenvalue weighted by Crippen LogP contribution is -2.20. The molecular formula is C18H16ClN3O4S. The minimum absolute atomic E-state index is 0.122. The number of benzene rings is 1. The summed E-state index contributed by atoms with van der Waals surface area (Å²) in [7, 11) is 0. The summed E-state index contributed by atoms with van der Waals surface area (Å²) in [4.78, 5) is 17.8. The van der Waals surface area contributed by atoms with Crippen LogP contribution in [-0.4, -0.2) is 29.3 Å². The number of fused-ring (bicyclic) bond motifs is 1. The van der Waals surface area contributed by atoms with Gasteiger partial charge in [0.2, 0.25) is 0 Å². The zero-order chi connectivity index (χ0) is 18.8. The van der Waals surface area contributed by atoms with Crippen LogP contribution >= 0.6 is 22.9 Å². The summed E-state index contributed by atoms with van der Waals surface area (Å²) >= 11 is 7.31. The first-order valence-electron chi connectivity index (χ1n) is 8.31. The number of aromatic nitrogens is 2. The predicted molar refractivity (Wildman–Crippen MR) is 101 cm³/mol. The topological polar surface area (TPSA) is 86.5 Å². The maximum absolute atomic E-state index is 12.4. The molecule has 3 aromatic rings. The molecule has 0 bridgehead atoms. The fourth-order valence-electron chi connectivity index (χ4n) is 2.79. The Bertz CT molecular complexity index is 968. The molecule has 140 valence electrons. The first kappa shape index (κ1) is 18.0. The molecule has 7 nitrogen and oxygen atoms in total. The van der Waals surface area contributed by atoms with E-state index < -0.39 is 0 Å². The first-order chi connectivity index (χ1) is 13.1. The molecule has 0 aliphatic carbocycles. The van der Waals surface area contributed by atoms with Gasteiger partial charge in [0, 0.05) is 9.90 Å². The number of rotatable bonds is 5. The number of carbonyl (C=O) groups is 1. The van der Waals surface area contributed by atoms with Gasteiger partial charge in [-0.15, -0.1) is 11.3 Å². The molecule has 0 radical (unpaired) electrons. The van der Waals surface area contributed by atoms with Gasteiger partial charge in [-0.2, -0.15) is 4.98 Å². The Labute approximate surface area is 164 Å². The van der Waals surface area contributed by atoms with Gasteiger partial charge < -0.3 is 19.3 Å². The summed E-state index contributed by atoms with van der Waals surface area (Å²) in [5.74, 6) is 1.24. The molecule has 1 aliphatic rings. The number of amides is 1. The molecule has 2 aromatic heterocycles. The van der Waals surface area contributed by atoms with E-state index in [0.717, 1.165) is 22.4 Å². The van der Waals surface area contributed by atoms with E-state index in [2.05, 4.69) is 15.5 Å². The van der Waals surface area contributed by atoms with Gasteiger partial charge in [0.05, 0.1) is 18.8 Å². The van der Waals surface area contributed by atoms with Crippen molar-refractivity contribution in [1.82, 2.24) is 10.1 Å². The monoisotopic (exact) mass is 405 g/mol. The molecule has 0 saturated carbocycles. The SMILES string of the molecule is Cc1noc(-c2c(NC(=O)COc3ccc(Cl)cc3)sc3c2CCOC3)n1. The minimum Gasteiger partial charge on any atom is -0.484 e. The molecule has 1 aromatic carbocycles. The number of hydrogen-bond acceptors (Lipinski definition) is 7. The molecule has 0 atom stereocenters. The van der Waals surface area contributed by atoms with Crippen LogP contribution in [0.1, 0.15) is 16.3 Å². The van der Waals surface area contributed by atoms with Crippen molar-refractivity contribution < 1.29 is 18.8 Å². The molecular weight excluding hydrogens is 390 g/mol. The Hall–Kier alpha value is -2.42. The van der Waals surface area contributed by atoms with Crippen molar-refractivity contribution in [3.05, 3.63) is 45.6 Å². The molecule has 1 aliphatic heterocycles. The molecule has 3 heterocycles. The summed E-state index contributed by atoms with van der Waals surface area (Å²) in [6.45, 7) is 2.77. The minimum atomic E-state index is -0.276. The Morgan fingerprint density at radius 1 is 1.37 bits per heavy atom. The summed E-state index contributed by atoms with van der Waals surface area (Å²) < 4.78 is 16.4. The highest BCUT2D eigenvalue weighted by atomic mass is 35.5. The van der Waals surface area contributed by atoms with Crippen LogP contribution in [-0.2, 0) is 22.6 Å². The van der Waals surface area contributed by atoms with Crippen molar-refractivity contribution in [3.63, 3.8) is 0 Å². The Morgan fingerprint density at radius 2 is 2.19 bits per heavy atom. The zero-order valence-corrected chi connectivity index (χ0v) is 16.0. The van der Waals surface area contributed by atoms with E-state index in [4.69, 9.17) is 25.6 Å². The lowest BCUT2D eigenvalue weighted by atomic mass is 10.1. The van der Waals surface area contributed by atoms with Crippen LogP contribution in [0.2, 0.25) is 5.02 Å². The highest BCUT2D eigenvalue weighted by Gasteiger charge is 2.26. The summed E-state index contributed by atoms with van der Waals surface area (Å²) in [5.41, 5.74) is 1.86. The average molecular weight is 406 g/mol. The quantitative estimate of drug-likeness (QED) is 0.693. The van der Waals surface area contributed by atoms with Crippen LogP contribution in [0.25, 0.3) is 11.5 Å². The molecule has 1 N–H and O–H groups in total. The molecule has 0 unspecified atom stereocenters. The van der Waals surface area contributed by atoms with Crippen molar-refractivity contribution >= 4 is 33.8 Å². The van der Waals surface area contributed by atoms with Gasteiger partial charge in [0.15, 0.2) is 12.4 Å². The third-order valence-electron chi connectivity index (χ3n) is 4.00. The van der Waals surface area contributed by atoms with E-state index in [1.807, 2.05) is 0 Å². The Balaban J connectivity index is 1.53. The van der Waals surface area contributed by atoms with Crippen molar-refractivity contribution in [1.29, 1.82) is 0 Å². The maximum atomic E-state index is 12.4. The molecule has 0 spiro atoms. The standard InChI is InChI=1S/C18H16ClN3O4S/c1-10-20-17(26-22-10)16-13-6-7-24-8-14(13)27-18(16)21-15(23)9-25-12-4-2-11(19)3-5-12/h2-5H,6-9H2,1H3,(H,21,23). The highest BCUT2D eigenvalue weighted by Crippen LogP contribution is 2.42. The molecule has 27 heavy (non-hydrogen) atoms. The van der Waals surface area contributed by atoms with Crippen LogP contribution in [0.4, 0.5) is 5.00 Å². The van der Waals surface area contributed by atoms with E-state index in [-0.39, 0.29) is 12.5 Å². The van der Waals surface area contributed by atoms with Crippen LogP contribution in [0, 0.1) is 6.92 Å². The second-order valence-electron chi connectivity index (χ2n) is 5.95. The normalized spacial score (nSPS) is 13.3. The fraction of sp³-hybridized carbons (Fsp3) is 0.278. The van der Waals surface area contributed by atoms with Gasteiger partial charge >= 0.3 is 0 Å². The summed E-state index contributed by atoms with van der Waals surface area (Å²) in [5, 5.41) is 8.04. The molecule has 0 saturated heterocycles. The number of halogens is 1. The lowest BCUT2D eigenvalue weighted by molar-refractivity contribution is -0.118. The number of thiophene rings is 1. The maximum Gasteiger partial charge on any atom is 0.262 e. The smallest absolute Gasteiger partial charge is 0.262 e. The number of nitrogens with one attached hydrogen (secondary N) is 1. The van der Waals surface area contributed by atoms with E-state index in [0.29, 0.717) is 40.7 Å². The van der Waals surface area contributed by atoms with E-state index in [1.165, 1.54) is 11.3 Å². The van der Waals surface area contributed by atoms with E-state index in [1.54, 1.807) is 31.2 Å².